The molecular weight excluding hydrogens is 390 g/mol. The second-order valence-electron chi connectivity index (χ2n) is 7.66. The maximum absolute atomic E-state index is 10.4. The fourth-order valence-electron chi connectivity index (χ4n) is 3.81. The minimum Gasteiger partial charge on any atom is -0.507 e. The molecule has 0 aliphatic carbocycles. The van der Waals surface area contributed by atoms with Gasteiger partial charge in [0.1, 0.15) is 5.75 Å². The van der Waals surface area contributed by atoms with E-state index < -0.39 is 0 Å². The minimum atomic E-state index is 0.188. The molecule has 1 N–H and O–H groups in total. The highest BCUT2D eigenvalue weighted by molar-refractivity contribution is 5.63. The normalized spacial score (nSPS) is 12.5. The highest BCUT2D eigenvalue weighted by Gasteiger charge is 2.19. The molecule has 0 saturated carbocycles. The molecule has 2 heterocycles. The van der Waals surface area contributed by atoms with Crippen LogP contribution in [-0.4, -0.2) is 33.6 Å². The van der Waals surface area contributed by atoms with Crippen LogP contribution in [-0.2, 0) is 13.1 Å². The van der Waals surface area contributed by atoms with Gasteiger partial charge in [0.2, 0.25) is 6.79 Å². The molecule has 0 bridgehead atoms. The monoisotopic (exact) mass is 413 g/mol. The summed E-state index contributed by atoms with van der Waals surface area (Å²) in [5.74, 6) is 1.46. The average molecular weight is 413 g/mol. The molecule has 0 fully saturated rings. The van der Waals surface area contributed by atoms with Gasteiger partial charge in [-0.1, -0.05) is 48.5 Å². The first-order chi connectivity index (χ1) is 15.2. The number of rotatable bonds is 6. The van der Waals surface area contributed by atoms with Crippen molar-refractivity contribution in [2.45, 2.75) is 13.1 Å². The van der Waals surface area contributed by atoms with Gasteiger partial charge in [-0.3, -0.25) is 4.90 Å². The van der Waals surface area contributed by atoms with Gasteiger partial charge in [0.05, 0.1) is 11.4 Å². The fraction of sp³-hybridized carbons (Fsp3) is 0.160. The van der Waals surface area contributed by atoms with Crippen LogP contribution >= 0.6 is 0 Å². The number of nitrogens with zero attached hydrogens (tertiary/aromatic N) is 3. The van der Waals surface area contributed by atoms with Crippen LogP contribution in [0.3, 0.4) is 0 Å². The Hall–Kier alpha value is -3.77. The van der Waals surface area contributed by atoms with E-state index in [1.165, 1.54) is 0 Å². The lowest BCUT2D eigenvalue weighted by molar-refractivity contribution is 0.174. The number of para-hydroxylation sites is 1. The molecule has 0 atom stereocenters. The Morgan fingerprint density at radius 3 is 2.29 bits per heavy atom. The Labute approximate surface area is 180 Å². The predicted octanol–water partition coefficient (Wildman–Crippen LogP) is 4.61. The molecule has 0 amide bonds. The summed E-state index contributed by atoms with van der Waals surface area (Å²) in [6, 6.07) is 23.8. The molecule has 5 rings (SSSR count). The number of ether oxygens (including phenoxy) is 2. The van der Waals surface area contributed by atoms with Gasteiger partial charge in [-0.05, 0) is 25.2 Å². The van der Waals surface area contributed by atoms with Crippen LogP contribution in [0, 0.1) is 0 Å². The van der Waals surface area contributed by atoms with Crippen LogP contribution in [0.5, 0.6) is 17.2 Å². The molecule has 0 saturated heterocycles. The molecule has 3 aromatic carbocycles. The van der Waals surface area contributed by atoms with Crippen LogP contribution in [0.25, 0.3) is 16.9 Å². The van der Waals surface area contributed by atoms with Gasteiger partial charge in [0.25, 0.3) is 0 Å². The third-order valence-electron chi connectivity index (χ3n) is 5.31. The molecule has 6 heteroatoms. The van der Waals surface area contributed by atoms with Gasteiger partial charge < -0.3 is 14.6 Å². The van der Waals surface area contributed by atoms with Gasteiger partial charge >= 0.3 is 0 Å². The smallest absolute Gasteiger partial charge is 0.231 e. The summed E-state index contributed by atoms with van der Waals surface area (Å²) in [6.07, 6.45) is 2.08. The summed E-state index contributed by atoms with van der Waals surface area (Å²) in [4.78, 5) is 2.15. The molecule has 1 aliphatic rings. The number of fused-ring (bicyclic) bond motifs is 1. The van der Waals surface area contributed by atoms with Crippen molar-refractivity contribution in [1.29, 1.82) is 0 Å². The summed E-state index contributed by atoms with van der Waals surface area (Å²) in [5, 5.41) is 15.3. The van der Waals surface area contributed by atoms with Crippen molar-refractivity contribution >= 4 is 0 Å². The lowest BCUT2D eigenvalue weighted by Gasteiger charge is -2.17. The molecule has 0 spiro atoms. The SMILES string of the molecule is CN(Cc1cc2c(cc1O)OCO2)Cc1cn(-c2ccccc2)nc1-c1ccccc1. The number of aromatic hydroxyl groups is 1. The van der Waals surface area contributed by atoms with Gasteiger partial charge in [-0.25, -0.2) is 4.68 Å². The summed E-state index contributed by atoms with van der Waals surface area (Å²) >= 11 is 0. The lowest BCUT2D eigenvalue weighted by Crippen LogP contribution is -2.17. The summed E-state index contributed by atoms with van der Waals surface area (Å²) in [5.41, 5.74) is 4.95. The number of phenols is 1. The lowest BCUT2D eigenvalue weighted by atomic mass is 10.1. The van der Waals surface area contributed by atoms with Crippen molar-refractivity contribution in [3.8, 4) is 34.2 Å². The van der Waals surface area contributed by atoms with E-state index in [1.54, 1.807) is 6.07 Å². The number of aromatic nitrogens is 2. The van der Waals surface area contributed by atoms with Crippen LogP contribution in [0.4, 0.5) is 0 Å². The van der Waals surface area contributed by atoms with E-state index in [4.69, 9.17) is 14.6 Å². The Balaban J connectivity index is 1.43. The first kappa shape index (κ1) is 19.2. The fourth-order valence-corrected chi connectivity index (χ4v) is 3.81. The van der Waals surface area contributed by atoms with E-state index in [0.29, 0.717) is 24.6 Å². The minimum absolute atomic E-state index is 0.188. The van der Waals surface area contributed by atoms with Crippen LogP contribution < -0.4 is 9.47 Å². The molecule has 0 unspecified atom stereocenters. The predicted molar refractivity (Wildman–Crippen MR) is 118 cm³/mol. The second-order valence-corrected chi connectivity index (χ2v) is 7.66. The molecule has 1 aliphatic heterocycles. The second kappa shape index (κ2) is 8.16. The van der Waals surface area contributed by atoms with Crippen molar-refractivity contribution < 1.29 is 14.6 Å². The van der Waals surface area contributed by atoms with Crippen LogP contribution in [0.1, 0.15) is 11.1 Å². The molecule has 6 nitrogen and oxygen atoms in total. The Kier molecular flexibility index (Phi) is 5.06. The van der Waals surface area contributed by atoms with Crippen molar-refractivity contribution in [3.63, 3.8) is 0 Å². The zero-order valence-electron chi connectivity index (χ0n) is 17.2. The standard InChI is InChI=1S/C25H23N3O3/c1-27(14-19-12-23-24(13-22(19)29)31-17-30-23)15-20-16-28(21-10-6-3-7-11-21)26-25(20)18-8-4-2-5-9-18/h2-13,16,29H,14-15,17H2,1H3. The first-order valence-electron chi connectivity index (χ1n) is 10.2. The van der Waals surface area contributed by atoms with Crippen molar-refractivity contribution in [2.24, 2.45) is 0 Å². The van der Waals surface area contributed by atoms with E-state index in [0.717, 1.165) is 28.1 Å². The van der Waals surface area contributed by atoms with Gasteiger partial charge in [0, 0.05) is 42.0 Å². The summed E-state index contributed by atoms with van der Waals surface area (Å²) in [7, 11) is 2.03. The molecular formula is C25H23N3O3. The average Bonchev–Trinajstić information content (AvgIpc) is 3.42. The quantitative estimate of drug-likeness (QED) is 0.500. The Morgan fingerprint density at radius 2 is 1.55 bits per heavy atom. The maximum atomic E-state index is 10.4. The number of hydrogen-bond donors (Lipinski definition) is 1. The van der Waals surface area contributed by atoms with E-state index >= 15 is 0 Å². The summed E-state index contributed by atoms with van der Waals surface area (Å²) in [6.45, 7) is 1.42. The molecule has 1 aromatic heterocycles. The number of benzene rings is 3. The Morgan fingerprint density at radius 1 is 0.903 bits per heavy atom. The Bertz CT molecular complexity index is 1190. The zero-order valence-corrected chi connectivity index (χ0v) is 17.2. The van der Waals surface area contributed by atoms with Crippen LogP contribution in [0.15, 0.2) is 79.0 Å². The van der Waals surface area contributed by atoms with E-state index in [9.17, 15) is 5.11 Å². The molecule has 4 aromatic rings. The van der Waals surface area contributed by atoms with Gasteiger partial charge in [-0.2, -0.15) is 5.10 Å². The zero-order chi connectivity index (χ0) is 21.2. The molecule has 31 heavy (non-hydrogen) atoms. The van der Waals surface area contributed by atoms with E-state index in [1.807, 2.05) is 66.3 Å². The maximum Gasteiger partial charge on any atom is 0.231 e. The van der Waals surface area contributed by atoms with E-state index in [-0.39, 0.29) is 12.5 Å². The number of hydrogen-bond acceptors (Lipinski definition) is 5. The summed E-state index contributed by atoms with van der Waals surface area (Å²) < 4.78 is 12.7. The largest absolute Gasteiger partial charge is 0.507 e. The molecule has 0 radical (unpaired) electrons. The highest BCUT2D eigenvalue weighted by Crippen LogP contribution is 2.38. The third kappa shape index (κ3) is 3.98. The van der Waals surface area contributed by atoms with Crippen LogP contribution in [0.2, 0.25) is 0 Å². The third-order valence-corrected chi connectivity index (χ3v) is 5.31. The van der Waals surface area contributed by atoms with E-state index in [2.05, 4.69) is 23.2 Å². The van der Waals surface area contributed by atoms with Gasteiger partial charge in [-0.15, -0.1) is 0 Å². The van der Waals surface area contributed by atoms with Gasteiger partial charge in [0.15, 0.2) is 11.5 Å². The van der Waals surface area contributed by atoms with Crippen molar-refractivity contribution in [2.75, 3.05) is 13.8 Å². The number of phenolic OH excluding ortho intramolecular Hbond substituents is 1. The highest BCUT2D eigenvalue weighted by atomic mass is 16.7. The van der Waals surface area contributed by atoms with Crippen molar-refractivity contribution in [1.82, 2.24) is 14.7 Å². The van der Waals surface area contributed by atoms with Crippen molar-refractivity contribution in [3.05, 3.63) is 90.1 Å². The molecule has 156 valence electrons. The first-order valence-corrected chi connectivity index (χ1v) is 10.2. The topological polar surface area (TPSA) is 59.8 Å².